The van der Waals surface area contributed by atoms with Gasteiger partial charge in [0.2, 0.25) is 0 Å². The number of nitrogen functional groups attached to an aromatic ring is 1. The van der Waals surface area contributed by atoms with Crippen molar-refractivity contribution >= 4 is 5.69 Å². The zero-order valence-corrected chi connectivity index (χ0v) is 17.2. The van der Waals surface area contributed by atoms with E-state index in [0.717, 1.165) is 43.7 Å². The lowest BCUT2D eigenvalue weighted by Gasteiger charge is -2.32. The van der Waals surface area contributed by atoms with Crippen LogP contribution in [0.4, 0.5) is 18.9 Å². The maximum Gasteiger partial charge on any atom is 0.168 e. The van der Waals surface area contributed by atoms with Crippen molar-refractivity contribution in [3.05, 3.63) is 82.9 Å². The Morgan fingerprint density at radius 2 is 1.68 bits per heavy atom. The molecule has 2 aromatic carbocycles. The number of nitrogens with two attached hydrogens (primary N) is 1. The lowest BCUT2D eigenvalue weighted by atomic mass is 9.88. The monoisotopic (exact) mass is 427 g/mol. The second-order valence-corrected chi connectivity index (χ2v) is 7.94. The lowest BCUT2D eigenvalue weighted by Crippen LogP contribution is -2.32. The van der Waals surface area contributed by atoms with Crippen molar-refractivity contribution in [3.8, 4) is 11.5 Å². The van der Waals surface area contributed by atoms with Crippen molar-refractivity contribution < 1.29 is 17.9 Å². The van der Waals surface area contributed by atoms with Crippen molar-refractivity contribution in [2.24, 2.45) is 0 Å². The van der Waals surface area contributed by atoms with Gasteiger partial charge in [0.25, 0.3) is 0 Å². The van der Waals surface area contributed by atoms with Gasteiger partial charge in [-0.2, -0.15) is 0 Å². The van der Waals surface area contributed by atoms with Gasteiger partial charge >= 0.3 is 0 Å². The van der Waals surface area contributed by atoms with E-state index in [-0.39, 0.29) is 5.75 Å². The number of pyridine rings is 1. The summed E-state index contributed by atoms with van der Waals surface area (Å²) in [5.74, 6) is -2.87. The molecule has 0 aliphatic carbocycles. The summed E-state index contributed by atoms with van der Waals surface area (Å²) >= 11 is 0. The third kappa shape index (κ3) is 4.99. The number of aryl methyl sites for hydroxylation is 1. The molecule has 0 saturated carbocycles. The third-order valence-electron chi connectivity index (χ3n) is 5.71. The molecule has 2 heterocycles. The Balaban J connectivity index is 1.34. The van der Waals surface area contributed by atoms with E-state index in [0.29, 0.717) is 29.5 Å². The predicted octanol–water partition coefficient (Wildman–Crippen LogP) is 5.56. The zero-order chi connectivity index (χ0) is 22.0. The first kappa shape index (κ1) is 21.2. The summed E-state index contributed by atoms with van der Waals surface area (Å²) in [5, 5.41) is 0. The number of halogens is 3. The Morgan fingerprint density at radius 1 is 1.00 bits per heavy atom. The quantitative estimate of drug-likeness (QED) is 0.542. The average Bonchev–Trinajstić information content (AvgIpc) is 2.76. The molecule has 4 rings (SSSR count). The van der Waals surface area contributed by atoms with E-state index in [1.54, 1.807) is 18.3 Å². The van der Waals surface area contributed by atoms with E-state index >= 15 is 0 Å². The summed E-state index contributed by atoms with van der Waals surface area (Å²) in [4.78, 5) is 6.77. The minimum atomic E-state index is -1.24. The molecular formula is C24H24F3N3O. The zero-order valence-electron chi connectivity index (χ0n) is 17.2. The summed E-state index contributed by atoms with van der Waals surface area (Å²) in [7, 11) is 0. The van der Waals surface area contributed by atoms with Crippen molar-refractivity contribution in [2.75, 3.05) is 18.8 Å². The molecule has 1 fully saturated rings. The van der Waals surface area contributed by atoms with E-state index in [9.17, 15) is 13.2 Å². The van der Waals surface area contributed by atoms with Gasteiger partial charge in [0, 0.05) is 24.4 Å². The predicted molar refractivity (Wildman–Crippen MR) is 113 cm³/mol. The standard InChI is InChI=1S/C24H24F3N3O/c1-15-20(10-18(28)13-29-15)17-6-8-30(9-7-17)14-16-2-4-19(5-3-16)31-24-12-22(26)21(25)11-23(24)27/h2-5,10-13,17H,6-9,14,28H2,1H3. The molecule has 1 aromatic heterocycles. The first-order chi connectivity index (χ1) is 14.9. The Labute approximate surface area is 179 Å². The van der Waals surface area contributed by atoms with Crippen LogP contribution in [0.25, 0.3) is 0 Å². The number of hydrogen-bond acceptors (Lipinski definition) is 4. The van der Waals surface area contributed by atoms with Gasteiger partial charge in [-0.1, -0.05) is 12.1 Å². The van der Waals surface area contributed by atoms with Crippen LogP contribution in [-0.2, 0) is 6.54 Å². The number of rotatable bonds is 5. The van der Waals surface area contributed by atoms with E-state index in [1.807, 2.05) is 25.1 Å². The summed E-state index contributed by atoms with van der Waals surface area (Å²) in [6.07, 6.45) is 3.79. The number of anilines is 1. The molecule has 0 bridgehead atoms. The molecule has 0 radical (unpaired) electrons. The molecule has 1 aliphatic rings. The Bertz CT molecular complexity index is 1060. The molecule has 0 spiro atoms. The molecule has 1 saturated heterocycles. The van der Waals surface area contributed by atoms with Crippen LogP contribution in [-0.4, -0.2) is 23.0 Å². The summed E-state index contributed by atoms with van der Waals surface area (Å²) in [6.45, 7) is 4.76. The van der Waals surface area contributed by atoms with Gasteiger partial charge in [0.1, 0.15) is 5.75 Å². The first-order valence-electron chi connectivity index (χ1n) is 10.2. The number of piperidine rings is 1. The number of ether oxygens (including phenoxy) is 1. The van der Waals surface area contributed by atoms with Crippen molar-refractivity contribution in [3.63, 3.8) is 0 Å². The Hall–Kier alpha value is -3.06. The molecule has 7 heteroatoms. The molecule has 2 N–H and O–H groups in total. The number of benzene rings is 2. The fourth-order valence-corrected chi connectivity index (χ4v) is 4.01. The topological polar surface area (TPSA) is 51.4 Å². The Kier molecular flexibility index (Phi) is 6.13. The van der Waals surface area contributed by atoms with Crippen LogP contribution < -0.4 is 10.5 Å². The largest absolute Gasteiger partial charge is 0.454 e. The van der Waals surface area contributed by atoms with Gasteiger partial charge in [-0.25, -0.2) is 13.2 Å². The second-order valence-electron chi connectivity index (χ2n) is 7.94. The highest BCUT2D eigenvalue weighted by molar-refractivity contribution is 5.41. The van der Waals surface area contributed by atoms with Crippen LogP contribution in [0.5, 0.6) is 11.5 Å². The van der Waals surface area contributed by atoms with Crippen LogP contribution in [0, 0.1) is 24.4 Å². The highest BCUT2D eigenvalue weighted by Gasteiger charge is 2.22. The van der Waals surface area contributed by atoms with Crippen LogP contribution in [0.1, 0.15) is 35.6 Å². The maximum absolute atomic E-state index is 13.8. The molecule has 1 aliphatic heterocycles. The van der Waals surface area contributed by atoms with Crippen LogP contribution in [0.3, 0.4) is 0 Å². The average molecular weight is 427 g/mol. The lowest BCUT2D eigenvalue weighted by molar-refractivity contribution is 0.204. The van der Waals surface area contributed by atoms with Crippen molar-refractivity contribution in [1.29, 1.82) is 0 Å². The summed E-state index contributed by atoms with van der Waals surface area (Å²) in [5.41, 5.74) is 9.99. The number of hydrogen-bond donors (Lipinski definition) is 1. The molecular weight excluding hydrogens is 403 g/mol. The summed E-state index contributed by atoms with van der Waals surface area (Å²) < 4.78 is 45.5. The van der Waals surface area contributed by atoms with E-state index < -0.39 is 17.5 Å². The van der Waals surface area contributed by atoms with Gasteiger partial charge in [-0.3, -0.25) is 9.88 Å². The first-order valence-corrected chi connectivity index (χ1v) is 10.2. The number of likely N-dealkylation sites (tertiary alicyclic amines) is 1. The molecule has 31 heavy (non-hydrogen) atoms. The molecule has 162 valence electrons. The molecule has 0 atom stereocenters. The van der Waals surface area contributed by atoms with Gasteiger partial charge in [0.05, 0.1) is 11.9 Å². The van der Waals surface area contributed by atoms with Crippen LogP contribution >= 0.6 is 0 Å². The van der Waals surface area contributed by atoms with Gasteiger partial charge in [-0.15, -0.1) is 0 Å². The molecule has 3 aromatic rings. The third-order valence-corrected chi connectivity index (χ3v) is 5.71. The van der Waals surface area contributed by atoms with Gasteiger partial charge in [-0.05, 0) is 68.1 Å². The van der Waals surface area contributed by atoms with Gasteiger partial charge < -0.3 is 10.5 Å². The molecule has 4 nitrogen and oxygen atoms in total. The minimum absolute atomic E-state index is 0.347. The molecule has 0 amide bonds. The van der Waals surface area contributed by atoms with Crippen molar-refractivity contribution in [2.45, 2.75) is 32.2 Å². The maximum atomic E-state index is 13.8. The second kappa shape index (κ2) is 8.98. The van der Waals surface area contributed by atoms with Crippen molar-refractivity contribution in [1.82, 2.24) is 9.88 Å². The highest BCUT2D eigenvalue weighted by atomic mass is 19.2. The van der Waals surface area contributed by atoms with E-state index in [4.69, 9.17) is 10.5 Å². The normalized spacial score (nSPS) is 15.2. The fraction of sp³-hybridized carbons (Fsp3) is 0.292. The number of nitrogens with zero attached hydrogens (tertiary/aromatic N) is 2. The van der Waals surface area contributed by atoms with E-state index in [2.05, 4.69) is 9.88 Å². The minimum Gasteiger partial charge on any atom is -0.454 e. The van der Waals surface area contributed by atoms with Crippen LogP contribution in [0.15, 0.2) is 48.7 Å². The van der Waals surface area contributed by atoms with E-state index in [1.165, 1.54) is 5.56 Å². The highest BCUT2D eigenvalue weighted by Crippen LogP contribution is 2.31. The summed E-state index contributed by atoms with van der Waals surface area (Å²) in [6, 6.07) is 10.4. The SMILES string of the molecule is Cc1ncc(N)cc1C1CCN(Cc2ccc(Oc3cc(F)c(F)cc3F)cc2)CC1. The number of aromatic nitrogens is 1. The fourth-order valence-electron chi connectivity index (χ4n) is 4.01. The van der Waals surface area contributed by atoms with Gasteiger partial charge in [0.15, 0.2) is 23.2 Å². The smallest absolute Gasteiger partial charge is 0.168 e. The molecule has 0 unspecified atom stereocenters. The Morgan fingerprint density at radius 3 is 2.39 bits per heavy atom. The van der Waals surface area contributed by atoms with Crippen LogP contribution in [0.2, 0.25) is 0 Å².